The number of fused-ring (bicyclic) bond motifs is 6. The molecule has 8 aromatic rings. The van der Waals surface area contributed by atoms with E-state index >= 15 is 0 Å². The van der Waals surface area contributed by atoms with Crippen LogP contribution in [0.4, 0.5) is 0 Å². The Balaban J connectivity index is 0.000000147. The minimum absolute atomic E-state index is 0.124. The second kappa shape index (κ2) is 12.3. The van der Waals surface area contributed by atoms with Gasteiger partial charge in [0.2, 0.25) is 0 Å². The van der Waals surface area contributed by atoms with Gasteiger partial charge in [0.05, 0.1) is 38.2 Å². The van der Waals surface area contributed by atoms with E-state index in [0.717, 1.165) is 26.9 Å². The molecule has 8 nitrogen and oxygen atoms in total. The van der Waals surface area contributed by atoms with Gasteiger partial charge in [-0.05, 0) is 67.6 Å². The molecule has 6 aromatic heterocycles. The third-order valence-electron chi connectivity index (χ3n) is 6.98. The molecule has 0 saturated heterocycles. The number of nitrogens with zero attached hydrogens (tertiary/aromatic N) is 6. The number of halogens is 3. The first-order chi connectivity index (χ1) is 22.3. The number of rotatable bonds is 2. The average Bonchev–Trinajstić information content (AvgIpc) is 3.64. The van der Waals surface area contributed by atoms with E-state index in [0.29, 0.717) is 46.0 Å². The first kappa shape index (κ1) is 30.0. The lowest BCUT2D eigenvalue weighted by atomic mass is 10.1. The highest BCUT2D eigenvalue weighted by atomic mass is 35.5. The molecule has 8 rings (SSSR count). The molecule has 224 valence electrons. The van der Waals surface area contributed by atoms with E-state index in [4.69, 9.17) is 34.8 Å². The first-order valence-electron chi connectivity index (χ1n) is 13.5. The average molecular weight is 700 g/mol. The van der Waals surface area contributed by atoms with Crippen LogP contribution in [0.1, 0.15) is 12.5 Å². The van der Waals surface area contributed by atoms with E-state index in [1.165, 1.54) is 44.5 Å². The molecule has 0 saturated carbocycles. The topological polar surface area (TPSA) is 95.6 Å². The highest BCUT2D eigenvalue weighted by Crippen LogP contribution is 2.34. The number of hydrogen-bond donors (Lipinski definition) is 0. The van der Waals surface area contributed by atoms with Crippen LogP contribution in [0.25, 0.3) is 52.2 Å². The van der Waals surface area contributed by atoms with Gasteiger partial charge in [-0.1, -0.05) is 40.7 Å². The standard InChI is InChI=1S/C18H10ClN3OS.C15H7Cl2N3OS/c1-2-3-11-8-9-20-17-14(11)15-16(24-17)18(23)22(10-21-15)13-6-4-12(19)5-7-13;16-8-1-3-9(4-2-8)20-7-19-12-11-10(17)5-6-18-14(11)22-13(12)15(20)21/h4-10H,1H3;1-7H. The van der Waals surface area contributed by atoms with E-state index in [1.807, 2.05) is 6.07 Å². The predicted molar refractivity (Wildman–Crippen MR) is 189 cm³/mol. The summed E-state index contributed by atoms with van der Waals surface area (Å²) >= 11 is 20.6. The Labute approximate surface area is 283 Å². The van der Waals surface area contributed by atoms with Crippen LogP contribution in [-0.4, -0.2) is 29.1 Å². The van der Waals surface area contributed by atoms with Gasteiger partial charge >= 0.3 is 0 Å². The lowest BCUT2D eigenvalue weighted by molar-refractivity contribution is 0.967. The van der Waals surface area contributed by atoms with E-state index in [9.17, 15) is 9.59 Å². The number of thiophene rings is 2. The third kappa shape index (κ3) is 5.32. The monoisotopic (exact) mass is 698 g/mol. The Bertz CT molecular complexity index is 2630. The SMILES string of the molecule is CC#Cc1ccnc2sc3c(=O)n(-c4ccc(Cl)cc4)cnc3c12.O=c1c2sc3nccc(Cl)c3c2ncn1-c1ccc(Cl)cc1. The highest BCUT2D eigenvalue weighted by molar-refractivity contribution is 7.25. The smallest absolute Gasteiger partial charge is 0.267 e. The fourth-order valence-corrected chi connectivity index (χ4v) is 7.53. The number of benzene rings is 2. The minimum Gasteiger partial charge on any atom is -0.267 e. The van der Waals surface area contributed by atoms with E-state index in [1.54, 1.807) is 73.9 Å². The maximum atomic E-state index is 12.9. The van der Waals surface area contributed by atoms with Gasteiger partial charge < -0.3 is 0 Å². The van der Waals surface area contributed by atoms with Crippen molar-refractivity contribution in [3.63, 3.8) is 0 Å². The Hall–Kier alpha value is -4.63. The quantitative estimate of drug-likeness (QED) is 0.169. The van der Waals surface area contributed by atoms with Crippen LogP contribution in [0.3, 0.4) is 0 Å². The maximum absolute atomic E-state index is 12.9. The molecule has 0 aliphatic rings. The largest absolute Gasteiger partial charge is 0.275 e. The van der Waals surface area contributed by atoms with Crippen molar-refractivity contribution in [2.24, 2.45) is 0 Å². The van der Waals surface area contributed by atoms with Crippen molar-refractivity contribution < 1.29 is 0 Å². The van der Waals surface area contributed by atoms with Gasteiger partial charge in [0.25, 0.3) is 11.1 Å². The Morgan fingerprint density at radius 1 is 0.630 bits per heavy atom. The van der Waals surface area contributed by atoms with Crippen molar-refractivity contribution in [3.05, 3.63) is 127 Å². The highest BCUT2D eigenvalue weighted by Gasteiger charge is 2.17. The fourth-order valence-electron chi connectivity index (χ4n) is 4.88. The Morgan fingerprint density at radius 3 is 1.63 bits per heavy atom. The molecule has 0 amide bonds. The normalized spacial score (nSPS) is 11.0. The molecule has 0 radical (unpaired) electrons. The number of aromatic nitrogens is 6. The zero-order valence-corrected chi connectivity index (χ0v) is 27.4. The molecule has 2 aromatic carbocycles. The molecule has 0 unspecified atom stereocenters. The van der Waals surface area contributed by atoms with Crippen LogP contribution in [0, 0.1) is 11.8 Å². The molecule has 0 N–H and O–H groups in total. The van der Waals surface area contributed by atoms with Gasteiger partial charge in [0.1, 0.15) is 31.7 Å². The van der Waals surface area contributed by atoms with Crippen molar-refractivity contribution in [3.8, 4) is 23.2 Å². The molecule has 0 atom stereocenters. The maximum Gasteiger partial charge on any atom is 0.275 e. The van der Waals surface area contributed by atoms with Crippen LogP contribution in [-0.2, 0) is 0 Å². The van der Waals surface area contributed by atoms with Crippen LogP contribution in [0.15, 0.2) is 95.3 Å². The summed E-state index contributed by atoms with van der Waals surface area (Å²) in [4.78, 5) is 44.6. The second-order valence-corrected chi connectivity index (χ2v) is 13.0. The molecule has 6 heterocycles. The fraction of sp³-hybridized carbons (Fsp3) is 0.0303. The van der Waals surface area contributed by atoms with Gasteiger partial charge in [0.15, 0.2) is 0 Å². The summed E-state index contributed by atoms with van der Waals surface area (Å²) in [5.74, 6) is 5.94. The molecule has 0 aliphatic heterocycles. The zero-order valence-electron chi connectivity index (χ0n) is 23.5. The molecule has 0 bridgehead atoms. The van der Waals surface area contributed by atoms with Crippen LogP contribution in [0.2, 0.25) is 15.1 Å². The molecule has 0 fully saturated rings. The van der Waals surface area contributed by atoms with E-state index in [2.05, 4.69) is 31.8 Å². The van der Waals surface area contributed by atoms with Gasteiger partial charge in [-0.3, -0.25) is 18.7 Å². The first-order valence-corrected chi connectivity index (χ1v) is 16.3. The van der Waals surface area contributed by atoms with E-state index in [-0.39, 0.29) is 11.1 Å². The molecular formula is C33H17Cl3N6O2S2. The van der Waals surface area contributed by atoms with Crippen molar-refractivity contribution >= 4 is 98.3 Å². The van der Waals surface area contributed by atoms with Gasteiger partial charge in [-0.25, -0.2) is 19.9 Å². The Morgan fingerprint density at radius 2 is 1.11 bits per heavy atom. The molecule has 0 aliphatic carbocycles. The van der Waals surface area contributed by atoms with E-state index < -0.39 is 0 Å². The van der Waals surface area contributed by atoms with Crippen molar-refractivity contribution in [1.82, 2.24) is 29.1 Å². The molecule has 46 heavy (non-hydrogen) atoms. The summed E-state index contributed by atoms with van der Waals surface area (Å²) in [7, 11) is 0. The van der Waals surface area contributed by atoms with Crippen molar-refractivity contribution in [2.45, 2.75) is 6.92 Å². The summed E-state index contributed by atoms with van der Waals surface area (Å²) in [6.45, 7) is 1.78. The van der Waals surface area contributed by atoms with Crippen molar-refractivity contribution in [2.75, 3.05) is 0 Å². The lowest BCUT2D eigenvalue weighted by Gasteiger charge is -2.05. The van der Waals surface area contributed by atoms with Crippen LogP contribution < -0.4 is 11.1 Å². The zero-order chi connectivity index (χ0) is 31.9. The summed E-state index contributed by atoms with van der Waals surface area (Å²) < 4.78 is 4.11. The van der Waals surface area contributed by atoms with Gasteiger partial charge in [-0.15, -0.1) is 28.6 Å². The number of pyridine rings is 2. The van der Waals surface area contributed by atoms with Crippen LogP contribution >= 0.6 is 57.5 Å². The summed E-state index contributed by atoms with van der Waals surface area (Å²) in [5.41, 5.74) is 3.24. The van der Waals surface area contributed by atoms with Crippen molar-refractivity contribution in [1.29, 1.82) is 0 Å². The predicted octanol–water partition coefficient (Wildman–Crippen LogP) is 8.32. The minimum atomic E-state index is -0.147. The van der Waals surface area contributed by atoms with Gasteiger partial charge in [-0.2, -0.15) is 0 Å². The molecular weight excluding hydrogens is 683 g/mol. The summed E-state index contributed by atoms with van der Waals surface area (Å²) in [6, 6.07) is 17.6. The lowest BCUT2D eigenvalue weighted by Crippen LogP contribution is -2.17. The molecule has 13 heteroatoms. The van der Waals surface area contributed by atoms with Gasteiger partial charge in [0, 0.05) is 28.0 Å². The Kier molecular flexibility index (Phi) is 8.02. The third-order valence-corrected chi connectivity index (χ3v) is 9.95. The second-order valence-electron chi connectivity index (χ2n) is 9.74. The summed E-state index contributed by atoms with van der Waals surface area (Å²) in [6.07, 6.45) is 6.37. The summed E-state index contributed by atoms with van der Waals surface area (Å²) in [5, 5.41) is 3.35. The van der Waals surface area contributed by atoms with Crippen LogP contribution in [0.5, 0.6) is 0 Å². The number of hydrogen-bond acceptors (Lipinski definition) is 8. The molecule has 0 spiro atoms.